The standard InChI is InChI=1S/C16H24N2O2/c1-3-4-16(18-11-9-17-10-12-18)14-5-7-15(8-6-14)20-13(2)19/h5-8,16-17H,3-4,9-12H2,1-2H3/t16-/m0/s1. The Balaban J connectivity index is 2.09. The molecule has 0 radical (unpaired) electrons. The van der Waals surface area contributed by atoms with Crippen LogP contribution in [0.15, 0.2) is 24.3 Å². The number of carbonyl (C=O) groups is 1. The van der Waals surface area contributed by atoms with E-state index < -0.39 is 0 Å². The number of hydrogen-bond acceptors (Lipinski definition) is 4. The van der Waals surface area contributed by atoms with E-state index in [1.54, 1.807) is 0 Å². The van der Waals surface area contributed by atoms with Crippen molar-refractivity contribution < 1.29 is 9.53 Å². The van der Waals surface area contributed by atoms with Gasteiger partial charge < -0.3 is 10.1 Å². The normalized spacial score (nSPS) is 17.7. The first kappa shape index (κ1) is 15.0. The molecule has 1 saturated heterocycles. The summed E-state index contributed by atoms with van der Waals surface area (Å²) in [5, 5.41) is 3.39. The largest absolute Gasteiger partial charge is 0.427 e. The fraction of sp³-hybridized carbons (Fsp3) is 0.562. The molecule has 1 fully saturated rings. The van der Waals surface area contributed by atoms with Crippen LogP contribution >= 0.6 is 0 Å². The van der Waals surface area contributed by atoms with Crippen molar-refractivity contribution in [3.05, 3.63) is 29.8 Å². The Morgan fingerprint density at radius 3 is 2.50 bits per heavy atom. The van der Waals surface area contributed by atoms with Gasteiger partial charge in [0.1, 0.15) is 5.75 Å². The quantitative estimate of drug-likeness (QED) is 0.662. The smallest absolute Gasteiger partial charge is 0.308 e. The number of hydrogen-bond donors (Lipinski definition) is 1. The molecule has 20 heavy (non-hydrogen) atoms. The Hall–Kier alpha value is -1.39. The van der Waals surface area contributed by atoms with Crippen LogP contribution in [0.2, 0.25) is 0 Å². The molecule has 110 valence electrons. The highest BCUT2D eigenvalue weighted by molar-refractivity contribution is 5.69. The first-order valence-corrected chi connectivity index (χ1v) is 7.44. The lowest BCUT2D eigenvalue weighted by molar-refractivity contribution is -0.131. The van der Waals surface area contributed by atoms with E-state index in [1.807, 2.05) is 12.1 Å². The van der Waals surface area contributed by atoms with Crippen molar-refractivity contribution in [2.45, 2.75) is 32.7 Å². The first-order chi connectivity index (χ1) is 9.70. The molecule has 1 heterocycles. The molecule has 2 rings (SSSR count). The molecule has 4 nitrogen and oxygen atoms in total. The highest BCUT2D eigenvalue weighted by atomic mass is 16.5. The Morgan fingerprint density at radius 1 is 1.30 bits per heavy atom. The van der Waals surface area contributed by atoms with Crippen LogP contribution in [0.4, 0.5) is 0 Å². The van der Waals surface area contributed by atoms with Gasteiger partial charge in [0.2, 0.25) is 0 Å². The molecule has 0 amide bonds. The summed E-state index contributed by atoms with van der Waals surface area (Å²) >= 11 is 0. The van der Waals surface area contributed by atoms with Crippen molar-refractivity contribution in [3.63, 3.8) is 0 Å². The van der Waals surface area contributed by atoms with Crippen molar-refractivity contribution in [1.29, 1.82) is 0 Å². The molecule has 1 N–H and O–H groups in total. The number of piperazine rings is 1. The highest BCUT2D eigenvalue weighted by Gasteiger charge is 2.21. The van der Waals surface area contributed by atoms with Gasteiger partial charge in [-0.15, -0.1) is 0 Å². The third kappa shape index (κ3) is 4.05. The number of carbonyl (C=O) groups excluding carboxylic acids is 1. The predicted octanol–water partition coefficient (Wildman–Crippen LogP) is 2.36. The van der Waals surface area contributed by atoms with Crippen LogP contribution in [0, 0.1) is 0 Å². The number of nitrogens with zero attached hydrogens (tertiary/aromatic N) is 1. The Bertz CT molecular complexity index is 425. The van der Waals surface area contributed by atoms with Crippen LogP contribution in [0.3, 0.4) is 0 Å². The number of esters is 1. The zero-order chi connectivity index (χ0) is 14.4. The Morgan fingerprint density at radius 2 is 1.95 bits per heavy atom. The topological polar surface area (TPSA) is 41.6 Å². The summed E-state index contributed by atoms with van der Waals surface area (Å²) in [6.45, 7) is 7.96. The summed E-state index contributed by atoms with van der Waals surface area (Å²) < 4.78 is 5.09. The van der Waals surface area contributed by atoms with Crippen molar-refractivity contribution in [3.8, 4) is 5.75 Å². The average Bonchev–Trinajstić information content (AvgIpc) is 2.46. The van der Waals surface area contributed by atoms with Gasteiger partial charge in [0.15, 0.2) is 0 Å². The third-order valence-electron chi connectivity index (χ3n) is 3.68. The monoisotopic (exact) mass is 276 g/mol. The minimum absolute atomic E-state index is 0.273. The molecule has 0 bridgehead atoms. The van der Waals surface area contributed by atoms with Crippen LogP contribution in [-0.2, 0) is 4.79 Å². The van der Waals surface area contributed by atoms with Crippen molar-refractivity contribution in [2.24, 2.45) is 0 Å². The second kappa shape index (κ2) is 7.41. The number of nitrogens with one attached hydrogen (secondary N) is 1. The lowest BCUT2D eigenvalue weighted by atomic mass is 10.00. The van der Waals surface area contributed by atoms with Crippen LogP contribution in [0.25, 0.3) is 0 Å². The molecule has 1 aromatic carbocycles. The van der Waals surface area contributed by atoms with Crippen molar-refractivity contribution in [1.82, 2.24) is 10.2 Å². The van der Waals surface area contributed by atoms with Crippen LogP contribution in [-0.4, -0.2) is 37.0 Å². The van der Waals surface area contributed by atoms with Crippen LogP contribution in [0.1, 0.15) is 38.3 Å². The third-order valence-corrected chi connectivity index (χ3v) is 3.68. The summed E-state index contributed by atoms with van der Waals surface area (Å²) in [5.74, 6) is 0.349. The average molecular weight is 276 g/mol. The molecule has 1 aliphatic rings. The van der Waals surface area contributed by atoms with E-state index in [1.165, 1.54) is 18.9 Å². The summed E-state index contributed by atoms with van der Waals surface area (Å²) in [6.07, 6.45) is 2.33. The molecule has 4 heteroatoms. The second-order valence-corrected chi connectivity index (χ2v) is 5.25. The van der Waals surface area contributed by atoms with Gasteiger partial charge in [-0.3, -0.25) is 9.69 Å². The maximum atomic E-state index is 10.9. The number of benzene rings is 1. The summed E-state index contributed by atoms with van der Waals surface area (Å²) in [7, 11) is 0. The molecule has 0 spiro atoms. The SMILES string of the molecule is CCC[C@@H](c1ccc(OC(C)=O)cc1)N1CCNCC1. The van der Waals surface area contributed by atoms with Crippen molar-refractivity contribution >= 4 is 5.97 Å². The lowest BCUT2D eigenvalue weighted by Crippen LogP contribution is -2.45. The number of ether oxygens (including phenoxy) is 1. The molecular formula is C16H24N2O2. The molecule has 0 aromatic heterocycles. The number of rotatable bonds is 5. The molecule has 1 atom stereocenters. The minimum Gasteiger partial charge on any atom is -0.427 e. The van der Waals surface area contributed by atoms with Gasteiger partial charge in [0, 0.05) is 39.1 Å². The maximum Gasteiger partial charge on any atom is 0.308 e. The molecule has 0 unspecified atom stereocenters. The molecule has 1 aliphatic heterocycles. The lowest BCUT2D eigenvalue weighted by Gasteiger charge is -2.35. The molecular weight excluding hydrogens is 252 g/mol. The van der Waals surface area contributed by atoms with E-state index in [0.29, 0.717) is 11.8 Å². The zero-order valence-electron chi connectivity index (χ0n) is 12.4. The van der Waals surface area contributed by atoms with E-state index in [-0.39, 0.29) is 5.97 Å². The predicted molar refractivity (Wildman–Crippen MR) is 79.8 cm³/mol. The van der Waals surface area contributed by atoms with Crippen molar-refractivity contribution in [2.75, 3.05) is 26.2 Å². The van der Waals surface area contributed by atoms with Gasteiger partial charge >= 0.3 is 5.97 Å². The Labute approximate surface area is 121 Å². The van der Waals surface area contributed by atoms with Gasteiger partial charge in [-0.1, -0.05) is 25.5 Å². The molecule has 0 aliphatic carbocycles. The van der Waals surface area contributed by atoms with Gasteiger partial charge in [0.25, 0.3) is 0 Å². The van der Waals surface area contributed by atoms with E-state index in [0.717, 1.165) is 32.6 Å². The fourth-order valence-corrected chi connectivity index (χ4v) is 2.75. The van der Waals surface area contributed by atoms with Gasteiger partial charge in [0.05, 0.1) is 0 Å². The van der Waals surface area contributed by atoms with Crippen LogP contribution in [0.5, 0.6) is 5.75 Å². The molecule has 1 aromatic rings. The maximum absolute atomic E-state index is 10.9. The van der Waals surface area contributed by atoms with Gasteiger partial charge in [-0.2, -0.15) is 0 Å². The Kier molecular flexibility index (Phi) is 5.56. The van der Waals surface area contributed by atoms with E-state index in [9.17, 15) is 4.79 Å². The van der Waals surface area contributed by atoms with Gasteiger partial charge in [-0.05, 0) is 24.1 Å². The summed E-state index contributed by atoms with van der Waals surface area (Å²) in [5.41, 5.74) is 1.31. The van der Waals surface area contributed by atoms with E-state index >= 15 is 0 Å². The fourth-order valence-electron chi connectivity index (χ4n) is 2.75. The minimum atomic E-state index is -0.273. The second-order valence-electron chi connectivity index (χ2n) is 5.25. The van der Waals surface area contributed by atoms with E-state index in [2.05, 4.69) is 29.3 Å². The highest BCUT2D eigenvalue weighted by Crippen LogP contribution is 2.27. The van der Waals surface area contributed by atoms with E-state index in [4.69, 9.17) is 4.74 Å². The van der Waals surface area contributed by atoms with Gasteiger partial charge in [-0.25, -0.2) is 0 Å². The summed E-state index contributed by atoms with van der Waals surface area (Å²) in [6, 6.07) is 8.42. The first-order valence-electron chi connectivity index (χ1n) is 7.44. The molecule has 0 saturated carbocycles. The zero-order valence-corrected chi connectivity index (χ0v) is 12.4. The summed E-state index contributed by atoms with van der Waals surface area (Å²) in [4.78, 5) is 13.5. The van der Waals surface area contributed by atoms with Crippen LogP contribution < -0.4 is 10.1 Å².